The second kappa shape index (κ2) is 16.6. The SMILES string of the molecule is O=C1CCN(c2cncc3c(N4CCN(CCN5CCC(COc6cc(F)c7c(=O)[nH]c(CSC8CCOCC8)nc7c6)CC5)CC4)cccc23)C(=O)N1. The predicted octanol–water partition coefficient (Wildman–Crippen LogP) is 4.38. The molecular weight excluding hydrogens is 712 g/mol. The monoisotopic (exact) mass is 758 g/mol. The van der Waals surface area contributed by atoms with E-state index in [4.69, 9.17) is 9.47 Å². The number of benzene rings is 2. The molecule has 0 radical (unpaired) electrons. The van der Waals surface area contributed by atoms with E-state index in [0.29, 0.717) is 47.2 Å². The molecule has 4 aliphatic heterocycles. The number of aromatic amines is 1. The van der Waals surface area contributed by atoms with Crippen LogP contribution in [0, 0.1) is 11.7 Å². The van der Waals surface area contributed by atoms with E-state index in [-0.39, 0.29) is 17.7 Å². The number of amides is 3. The van der Waals surface area contributed by atoms with Crippen molar-refractivity contribution in [1.82, 2.24) is 30.1 Å². The quantitative estimate of drug-likeness (QED) is 0.226. The zero-order valence-electron chi connectivity index (χ0n) is 30.4. The molecule has 0 aliphatic carbocycles. The number of hydrogen-bond acceptors (Lipinski definition) is 11. The topological polar surface area (TPSA) is 136 Å². The van der Waals surface area contributed by atoms with E-state index in [1.807, 2.05) is 18.3 Å². The number of likely N-dealkylation sites (tertiary alicyclic amines) is 1. The van der Waals surface area contributed by atoms with E-state index in [1.165, 1.54) is 6.07 Å². The van der Waals surface area contributed by atoms with Gasteiger partial charge in [-0.1, -0.05) is 12.1 Å². The fraction of sp³-hybridized carbons (Fsp3) is 0.513. The summed E-state index contributed by atoms with van der Waals surface area (Å²) in [6.45, 7) is 10.1. The van der Waals surface area contributed by atoms with Crippen molar-refractivity contribution in [3.05, 3.63) is 64.7 Å². The normalized spacial score (nSPS) is 19.9. The van der Waals surface area contributed by atoms with Gasteiger partial charge in [0.15, 0.2) is 0 Å². The largest absolute Gasteiger partial charge is 0.493 e. The lowest BCUT2D eigenvalue weighted by molar-refractivity contribution is -0.120. The van der Waals surface area contributed by atoms with Crippen LogP contribution in [0.5, 0.6) is 5.75 Å². The van der Waals surface area contributed by atoms with Crippen molar-refractivity contribution in [2.45, 2.75) is 43.1 Å². The molecule has 0 bridgehead atoms. The fourth-order valence-electron chi connectivity index (χ4n) is 7.97. The summed E-state index contributed by atoms with van der Waals surface area (Å²) in [6.07, 6.45) is 7.83. The highest BCUT2D eigenvalue weighted by Crippen LogP contribution is 2.34. The number of urea groups is 1. The van der Waals surface area contributed by atoms with Gasteiger partial charge in [-0.2, -0.15) is 11.8 Å². The number of hydrogen-bond donors (Lipinski definition) is 2. The van der Waals surface area contributed by atoms with Gasteiger partial charge in [-0.15, -0.1) is 0 Å². The molecule has 286 valence electrons. The van der Waals surface area contributed by atoms with Crippen LogP contribution in [0.25, 0.3) is 21.7 Å². The summed E-state index contributed by atoms with van der Waals surface area (Å²) in [5.41, 5.74) is 1.71. The molecule has 4 saturated heterocycles. The standard InChI is InChI=1S/C39H47FN8O5S/c40-31-20-27(21-32-37(31)38(50)43-35(42-32)25-54-28-7-18-52-19-8-28)53-24-26-4-9-45(10-5-26)12-13-46-14-16-47(17-15-46)33-3-1-2-29-30(33)22-41-23-34(29)48-11-6-36(49)44-39(48)51/h1-3,20-23,26,28H,4-19,24-25H2,(H,42,43,50)(H,44,49,51). The maximum atomic E-state index is 15.0. The Morgan fingerprint density at radius 3 is 2.44 bits per heavy atom. The Bertz CT molecular complexity index is 2050. The van der Waals surface area contributed by atoms with E-state index >= 15 is 4.39 Å². The summed E-state index contributed by atoms with van der Waals surface area (Å²) in [5.74, 6) is 1.05. The van der Waals surface area contributed by atoms with Crippen LogP contribution in [-0.2, 0) is 15.3 Å². The zero-order chi connectivity index (χ0) is 37.0. The molecule has 54 heavy (non-hydrogen) atoms. The molecule has 6 heterocycles. The maximum absolute atomic E-state index is 15.0. The van der Waals surface area contributed by atoms with Crippen LogP contribution in [-0.4, -0.2) is 121 Å². The van der Waals surface area contributed by atoms with E-state index in [0.717, 1.165) is 113 Å². The minimum atomic E-state index is -0.609. The first kappa shape index (κ1) is 36.7. The van der Waals surface area contributed by atoms with Gasteiger partial charge in [0.2, 0.25) is 5.91 Å². The van der Waals surface area contributed by atoms with Gasteiger partial charge in [0.05, 0.1) is 29.8 Å². The van der Waals surface area contributed by atoms with E-state index < -0.39 is 17.4 Å². The molecule has 0 atom stereocenters. The van der Waals surface area contributed by atoms with Crippen molar-refractivity contribution in [2.24, 2.45) is 5.92 Å². The average molecular weight is 759 g/mol. The maximum Gasteiger partial charge on any atom is 0.328 e. The zero-order valence-corrected chi connectivity index (χ0v) is 31.3. The lowest BCUT2D eigenvalue weighted by atomic mass is 9.98. The molecule has 3 amide bonds. The Hall–Kier alpha value is -4.31. The Morgan fingerprint density at radius 2 is 1.67 bits per heavy atom. The number of piperazine rings is 1. The van der Waals surface area contributed by atoms with Crippen LogP contribution in [0.3, 0.4) is 0 Å². The van der Waals surface area contributed by atoms with Gasteiger partial charge in [0.1, 0.15) is 22.8 Å². The van der Waals surface area contributed by atoms with Crippen LogP contribution >= 0.6 is 11.8 Å². The number of pyridine rings is 1. The highest BCUT2D eigenvalue weighted by Gasteiger charge is 2.27. The second-order valence-electron chi connectivity index (χ2n) is 14.6. The van der Waals surface area contributed by atoms with Gasteiger partial charge in [0.25, 0.3) is 5.56 Å². The molecule has 4 aliphatic rings. The Kier molecular flexibility index (Phi) is 11.3. The lowest BCUT2D eigenvalue weighted by Crippen LogP contribution is -2.49. The first-order valence-electron chi connectivity index (χ1n) is 19.1. The second-order valence-corrected chi connectivity index (χ2v) is 15.9. The van der Waals surface area contributed by atoms with Crippen LogP contribution in [0.15, 0.2) is 47.5 Å². The number of carbonyl (C=O) groups is 2. The molecule has 8 rings (SSSR count). The summed E-state index contributed by atoms with van der Waals surface area (Å²) in [6, 6.07) is 8.75. The number of nitrogens with zero attached hydrogens (tertiary/aromatic N) is 6. The minimum Gasteiger partial charge on any atom is -0.493 e. The van der Waals surface area contributed by atoms with Crippen molar-refractivity contribution in [2.75, 3.05) is 88.5 Å². The number of rotatable bonds is 11. The molecule has 0 unspecified atom stereocenters. The van der Waals surface area contributed by atoms with Crippen molar-refractivity contribution < 1.29 is 23.5 Å². The fourth-order valence-corrected chi connectivity index (χ4v) is 9.03. The van der Waals surface area contributed by atoms with Crippen molar-refractivity contribution in [3.8, 4) is 5.75 Å². The third-order valence-electron chi connectivity index (χ3n) is 11.1. The van der Waals surface area contributed by atoms with Crippen molar-refractivity contribution >= 4 is 56.8 Å². The van der Waals surface area contributed by atoms with E-state index in [1.54, 1.807) is 28.9 Å². The summed E-state index contributed by atoms with van der Waals surface area (Å²) in [4.78, 5) is 57.9. The number of carbonyl (C=O) groups excluding carboxylic acids is 2. The van der Waals surface area contributed by atoms with Gasteiger partial charge in [-0.25, -0.2) is 14.2 Å². The third-order valence-corrected chi connectivity index (χ3v) is 12.5. The van der Waals surface area contributed by atoms with Gasteiger partial charge in [-0.05, 0) is 50.8 Å². The first-order valence-corrected chi connectivity index (χ1v) is 20.1. The van der Waals surface area contributed by atoms with Crippen molar-refractivity contribution in [1.29, 1.82) is 0 Å². The van der Waals surface area contributed by atoms with Gasteiger partial charge >= 0.3 is 6.03 Å². The van der Waals surface area contributed by atoms with Crippen molar-refractivity contribution in [3.63, 3.8) is 0 Å². The first-order chi connectivity index (χ1) is 26.4. The lowest BCUT2D eigenvalue weighted by Gasteiger charge is -2.38. The van der Waals surface area contributed by atoms with Gasteiger partial charge in [-0.3, -0.25) is 29.7 Å². The predicted molar refractivity (Wildman–Crippen MR) is 208 cm³/mol. The number of nitrogens with one attached hydrogen (secondary N) is 2. The van der Waals surface area contributed by atoms with Gasteiger partial charge < -0.3 is 24.3 Å². The molecule has 13 nitrogen and oxygen atoms in total. The van der Waals surface area contributed by atoms with Crippen LogP contribution < -0.4 is 25.4 Å². The highest BCUT2D eigenvalue weighted by molar-refractivity contribution is 7.99. The Balaban J connectivity index is 0.791. The number of imide groups is 1. The van der Waals surface area contributed by atoms with E-state index in [9.17, 15) is 14.4 Å². The number of ether oxygens (including phenoxy) is 2. The summed E-state index contributed by atoms with van der Waals surface area (Å²) >= 11 is 1.75. The van der Waals surface area contributed by atoms with Gasteiger partial charge in [0, 0.05) is 105 Å². The molecule has 4 aromatic rings. The number of piperidine rings is 1. The number of fused-ring (bicyclic) bond motifs is 2. The molecular formula is C39H47FN8O5S. The molecule has 2 aromatic carbocycles. The third kappa shape index (κ3) is 8.33. The minimum absolute atomic E-state index is 0.0262. The smallest absolute Gasteiger partial charge is 0.328 e. The van der Waals surface area contributed by atoms with E-state index in [2.05, 4.69) is 41.0 Å². The molecule has 0 spiro atoms. The van der Waals surface area contributed by atoms with Crippen LogP contribution in [0.2, 0.25) is 0 Å². The van der Waals surface area contributed by atoms with Crippen LogP contribution in [0.1, 0.15) is 37.9 Å². The highest BCUT2D eigenvalue weighted by atomic mass is 32.2. The Morgan fingerprint density at radius 1 is 0.889 bits per heavy atom. The molecule has 2 aromatic heterocycles. The number of aromatic nitrogens is 3. The molecule has 4 fully saturated rings. The average Bonchev–Trinajstić information content (AvgIpc) is 3.19. The number of H-pyrrole nitrogens is 1. The number of halogens is 1. The summed E-state index contributed by atoms with van der Waals surface area (Å²) in [7, 11) is 0. The summed E-state index contributed by atoms with van der Waals surface area (Å²) < 4.78 is 26.6. The number of anilines is 2. The molecule has 2 N–H and O–H groups in total. The van der Waals surface area contributed by atoms with Crippen LogP contribution in [0.4, 0.5) is 20.6 Å². The Labute approximate surface area is 317 Å². The molecule has 0 saturated carbocycles. The summed E-state index contributed by atoms with van der Waals surface area (Å²) in [5, 5.41) is 4.81. The molecule has 15 heteroatoms. The number of thioether (sulfide) groups is 1.